The number of oxime groups is 1. The molecule has 4 heteroatoms. The zero-order chi connectivity index (χ0) is 16.1. The largest absolute Gasteiger partial charge is 0.409 e. The van der Waals surface area contributed by atoms with Gasteiger partial charge in [-0.3, -0.25) is 0 Å². The van der Waals surface area contributed by atoms with E-state index in [9.17, 15) is 0 Å². The monoisotopic (exact) mass is 297 g/mol. The smallest absolute Gasteiger partial charge is 0.144 e. The Hall–Kier alpha value is -0.770. The lowest BCUT2D eigenvalue weighted by Gasteiger charge is -2.30. The third-order valence-corrected chi connectivity index (χ3v) is 5.12. The second-order valence-electron chi connectivity index (χ2n) is 8.31. The summed E-state index contributed by atoms with van der Waals surface area (Å²) in [7, 11) is 0. The highest BCUT2D eigenvalue weighted by Gasteiger charge is 2.27. The van der Waals surface area contributed by atoms with Crippen LogP contribution in [0.2, 0.25) is 0 Å². The Labute approximate surface area is 130 Å². The van der Waals surface area contributed by atoms with Crippen LogP contribution in [-0.2, 0) is 0 Å². The van der Waals surface area contributed by atoms with Crippen LogP contribution in [0.1, 0.15) is 66.7 Å². The molecule has 124 valence electrons. The highest BCUT2D eigenvalue weighted by Crippen LogP contribution is 2.34. The van der Waals surface area contributed by atoms with Crippen LogP contribution in [0.5, 0.6) is 0 Å². The van der Waals surface area contributed by atoms with Crippen molar-refractivity contribution < 1.29 is 5.21 Å². The first-order valence-electron chi connectivity index (χ1n) is 8.37. The molecular formula is C17H35N3O. The summed E-state index contributed by atoms with van der Waals surface area (Å²) < 4.78 is 0. The first-order chi connectivity index (χ1) is 9.66. The normalized spacial score (nSPS) is 23.1. The molecule has 0 aromatic heterocycles. The molecule has 0 bridgehead atoms. The van der Waals surface area contributed by atoms with Gasteiger partial charge < -0.3 is 15.8 Å². The Bertz CT molecular complexity index is 344. The SMILES string of the molecule is CC(C)(CCCN1CCCC(C(C)(C)C)CC1)C(N)=NO. The van der Waals surface area contributed by atoms with Gasteiger partial charge in [0.05, 0.1) is 0 Å². The van der Waals surface area contributed by atoms with Crippen molar-refractivity contribution in [3.8, 4) is 0 Å². The van der Waals surface area contributed by atoms with Crippen molar-refractivity contribution in [3.05, 3.63) is 0 Å². The summed E-state index contributed by atoms with van der Waals surface area (Å²) in [4.78, 5) is 2.59. The van der Waals surface area contributed by atoms with Crippen molar-refractivity contribution >= 4 is 5.84 Å². The molecule has 1 saturated heterocycles. The molecule has 3 N–H and O–H groups in total. The molecule has 0 radical (unpaired) electrons. The standard InChI is InChI=1S/C17H35N3O/c1-16(2,3)14-8-6-11-20(13-9-14)12-7-10-17(4,5)15(18)19-21/h14,21H,6-13H2,1-5H3,(H2,18,19). The molecule has 1 heterocycles. The van der Waals surface area contributed by atoms with E-state index in [2.05, 4.69) is 30.8 Å². The van der Waals surface area contributed by atoms with E-state index in [1.54, 1.807) is 0 Å². The van der Waals surface area contributed by atoms with Gasteiger partial charge in [0.1, 0.15) is 5.84 Å². The molecule has 4 nitrogen and oxygen atoms in total. The van der Waals surface area contributed by atoms with Crippen LogP contribution in [0.25, 0.3) is 0 Å². The van der Waals surface area contributed by atoms with Crippen LogP contribution < -0.4 is 5.73 Å². The van der Waals surface area contributed by atoms with E-state index in [0.29, 0.717) is 11.3 Å². The fourth-order valence-corrected chi connectivity index (χ4v) is 3.25. The molecule has 0 aromatic rings. The van der Waals surface area contributed by atoms with Gasteiger partial charge in [-0.2, -0.15) is 0 Å². The lowest BCUT2D eigenvalue weighted by molar-refractivity contribution is 0.206. The Balaban J connectivity index is 2.37. The Morgan fingerprint density at radius 1 is 1.19 bits per heavy atom. The number of hydrogen-bond donors (Lipinski definition) is 2. The summed E-state index contributed by atoms with van der Waals surface area (Å²) in [5, 5.41) is 12.0. The Kier molecular flexibility index (Phi) is 6.51. The van der Waals surface area contributed by atoms with Crippen LogP contribution in [-0.4, -0.2) is 35.6 Å². The van der Waals surface area contributed by atoms with Gasteiger partial charge >= 0.3 is 0 Å². The maximum Gasteiger partial charge on any atom is 0.144 e. The molecule has 0 saturated carbocycles. The number of likely N-dealkylation sites (tertiary alicyclic amines) is 1. The van der Waals surface area contributed by atoms with Crippen LogP contribution in [0.4, 0.5) is 0 Å². The number of rotatable bonds is 5. The van der Waals surface area contributed by atoms with Gasteiger partial charge in [0.25, 0.3) is 0 Å². The maximum atomic E-state index is 8.81. The minimum atomic E-state index is -0.214. The quantitative estimate of drug-likeness (QED) is 0.352. The second-order valence-corrected chi connectivity index (χ2v) is 8.31. The van der Waals surface area contributed by atoms with Crippen LogP contribution >= 0.6 is 0 Å². The van der Waals surface area contributed by atoms with Gasteiger partial charge in [-0.05, 0) is 63.1 Å². The molecule has 1 fully saturated rings. The molecule has 1 aliphatic heterocycles. The van der Waals surface area contributed by atoms with E-state index in [0.717, 1.165) is 25.3 Å². The van der Waals surface area contributed by atoms with Gasteiger partial charge in [-0.1, -0.05) is 39.8 Å². The number of nitrogens with two attached hydrogens (primary N) is 1. The first-order valence-corrected chi connectivity index (χ1v) is 8.37. The maximum absolute atomic E-state index is 8.81. The number of nitrogens with zero attached hydrogens (tertiary/aromatic N) is 2. The fraction of sp³-hybridized carbons (Fsp3) is 0.941. The zero-order valence-electron chi connectivity index (χ0n) is 14.7. The fourth-order valence-electron chi connectivity index (χ4n) is 3.25. The summed E-state index contributed by atoms with van der Waals surface area (Å²) in [5.41, 5.74) is 5.97. The second kappa shape index (κ2) is 7.48. The van der Waals surface area contributed by atoms with Crippen molar-refractivity contribution in [2.24, 2.45) is 27.6 Å². The number of hydrogen-bond acceptors (Lipinski definition) is 3. The molecule has 1 atom stereocenters. The van der Waals surface area contributed by atoms with Gasteiger partial charge in [-0.25, -0.2) is 0 Å². The predicted octanol–water partition coefficient (Wildman–Crippen LogP) is 3.69. The highest BCUT2D eigenvalue weighted by atomic mass is 16.4. The van der Waals surface area contributed by atoms with E-state index >= 15 is 0 Å². The van der Waals surface area contributed by atoms with Crippen LogP contribution in [0.15, 0.2) is 5.16 Å². The van der Waals surface area contributed by atoms with Gasteiger partial charge in [0.2, 0.25) is 0 Å². The van der Waals surface area contributed by atoms with Gasteiger partial charge in [0.15, 0.2) is 0 Å². The van der Waals surface area contributed by atoms with Crippen molar-refractivity contribution in [2.45, 2.75) is 66.7 Å². The zero-order valence-corrected chi connectivity index (χ0v) is 14.7. The van der Waals surface area contributed by atoms with Gasteiger partial charge in [-0.15, -0.1) is 0 Å². The van der Waals surface area contributed by atoms with E-state index in [1.807, 2.05) is 13.8 Å². The van der Waals surface area contributed by atoms with Crippen molar-refractivity contribution in [2.75, 3.05) is 19.6 Å². The highest BCUT2D eigenvalue weighted by molar-refractivity contribution is 5.85. The van der Waals surface area contributed by atoms with E-state index in [4.69, 9.17) is 10.9 Å². The molecule has 1 rings (SSSR count). The third-order valence-electron chi connectivity index (χ3n) is 5.12. The van der Waals surface area contributed by atoms with E-state index < -0.39 is 0 Å². The average Bonchev–Trinajstić information content (AvgIpc) is 2.62. The van der Waals surface area contributed by atoms with Crippen LogP contribution in [0, 0.1) is 16.7 Å². The molecule has 1 aliphatic rings. The summed E-state index contributed by atoms with van der Waals surface area (Å²) in [6, 6.07) is 0. The molecule has 0 aliphatic carbocycles. The van der Waals surface area contributed by atoms with Crippen LogP contribution in [0.3, 0.4) is 0 Å². The van der Waals surface area contributed by atoms with Gasteiger partial charge in [0, 0.05) is 5.41 Å². The molecule has 0 spiro atoms. The molecular weight excluding hydrogens is 262 g/mol. The third kappa shape index (κ3) is 5.85. The topological polar surface area (TPSA) is 61.8 Å². The Morgan fingerprint density at radius 3 is 2.43 bits per heavy atom. The molecule has 1 unspecified atom stereocenters. The summed E-state index contributed by atoms with van der Waals surface area (Å²) in [6.45, 7) is 14.7. The Morgan fingerprint density at radius 2 is 1.86 bits per heavy atom. The summed E-state index contributed by atoms with van der Waals surface area (Å²) >= 11 is 0. The van der Waals surface area contributed by atoms with Crippen molar-refractivity contribution in [1.82, 2.24) is 4.90 Å². The minimum absolute atomic E-state index is 0.214. The van der Waals surface area contributed by atoms with Crippen molar-refractivity contribution in [3.63, 3.8) is 0 Å². The van der Waals surface area contributed by atoms with Crippen molar-refractivity contribution in [1.29, 1.82) is 0 Å². The summed E-state index contributed by atoms with van der Waals surface area (Å²) in [5.74, 6) is 1.18. The van der Waals surface area contributed by atoms with E-state index in [-0.39, 0.29) is 5.41 Å². The summed E-state index contributed by atoms with van der Waals surface area (Å²) in [6.07, 6.45) is 6.04. The molecule has 21 heavy (non-hydrogen) atoms. The first kappa shape index (κ1) is 18.3. The molecule has 0 amide bonds. The predicted molar refractivity (Wildman–Crippen MR) is 89.7 cm³/mol. The lowest BCUT2D eigenvalue weighted by atomic mass is 9.77. The molecule has 0 aromatic carbocycles. The average molecular weight is 297 g/mol. The minimum Gasteiger partial charge on any atom is -0.409 e. The van der Waals surface area contributed by atoms with E-state index in [1.165, 1.54) is 32.4 Å². The lowest BCUT2D eigenvalue weighted by Crippen LogP contribution is -2.33. The number of amidine groups is 1.